The zero-order valence-corrected chi connectivity index (χ0v) is 16.5. The van der Waals surface area contributed by atoms with Crippen LogP contribution in [0.5, 0.6) is 0 Å². The molecule has 0 aromatic rings. The predicted octanol–water partition coefficient (Wildman–Crippen LogP) is 0.665. The van der Waals surface area contributed by atoms with E-state index in [0.29, 0.717) is 12.8 Å². The summed E-state index contributed by atoms with van der Waals surface area (Å²) >= 11 is 0. The molecule has 4 fully saturated rings. The second kappa shape index (κ2) is 6.46. The summed E-state index contributed by atoms with van der Waals surface area (Å²) in [6.07, 6.45) is 5.54. The number of amides is 4. The van der Waals surface area contributed by atoms with E-state index in [1.54, 1.807) is 4.90 Å². The topological polar surface area (TPSA) is 104 Å². The maximum absolute atomic E-state index is 13.0. The normalized spacial score (nSPS) is 35.5. The molecule has 8 nitrogen and oxygen atoms in total. The molecule has 1 N–H and O–H groups in total. The molecular weight excluding hydrogens is 370 g/mol. The average Bonchev–Trinajstić information content (AvgIpc) is 3.32. The molecule has 3 atom stereocenters. The number of nitrogens with zero attached hydrogens (tertiary/aromatic N) is 2. The molecule has 9 heteroatoms. The van der Waals surface area contributed by atoms with Crippen molar-refractivity contribution < 1.29 is 22.8 Å². The molecule has 4 aliphatic rings. The molecule has 150 valence electrons. The first-order valence-corrected chi connectivity index (χ1v) is 11.7. The van der Waals surface area contributed by atoms with Crippen LogP contribution in [0.15, 0.2) is 0 Å². The molecule has 4 amide bonds. The van der Waals surface area contributed by atoms with E-state index in [0.717, 1.165) is 37.0 Å². The summed E-state index contributed by atoms with van der Waals surface area (Å²) in [4.78, 5) is 41.2. The first-order valence-electron chi connectivity index (χ1n) is 9.89. The minimum Gasteiger partial charge on any atom is -0.334 e. The Kier molecular flexibility index (Phi) is 4.48. The Bertz CT molecular complexity index is 778. The highest BCUT2D eigenvalue weighted by molar-refractivity contribution is 7.91. The molecule has 0 unspecified atom stereocenters. The van der Waals surface area contributed by atoms with Gasteiger partial charge in [0.2, 0.25) is 5.91 Å². The number of carbonyl (C=O) groups excluding carboxylic acids is 3. The van der Waals surface area contributed by atoms with Crippen LogP contribution in [0, 0.1) is 5.92 Å². The van der Waals surface area contributed by atoms with Crippen molar-refractivity contribution in [2.75, 3.05) is 18.1 Å². The molecule has 4 rings (SSSR count). The van der Waals surface area contributed by atoms with E-state index in [2.05, 4.69) is 5.32 Å². The van der Waals surface area contributed by atoms with E-state index >= 15 is 0 Å². The molecule has 2 saturated carbocycles. The zero-order valence-electron chi connectivity index (χ0n) is 15.6. The highest BCUT2D eigenvalue weighted by Gasteiger charge is 2.55. The molecule has 2 saturated heterocycles. The summed E-state index contributed by atoms with van der Waals surface area (Å²) in [5, 5.41) is 2.86. The van der Waals surface area contributed by atoms with Gasteiger partial charge in [-0.05, 0) is 38.0 Å². The third-order valence-corrected chi connectivity index (χ3v) is 8.38. The van der Waals surface area contributed by atoms with Gasteiger partial charge in [0.15, 0.2) is 9.84 Å². The summed E-state index contributed by atoms with van der Waals surface area (Å²) < 4.78 is 23.7. The van der Waals surface area contributed by atoms with E-state index in [1.807, 2.05) is 6.92 Å². The molecular formula is C18H27N3O5S. The van der Waals surface area contributed by atoms with Crippen LogP contribution in [0.2, 0.25) is 0 Å². The third kappa shape index (κ3) is 3.23. The van der Waals surface area contributed by atoms with Crippen molar-refractivity contribution in [2.24, 2.45) is 5.92 Å². The van der Waals surface area contributed by atoms with Crippen molar-refractivity contribution in [1.29, 1.82) is 0 Å². The first kappa shape index (κ1) is 18.7. The van der Waals surface area contributed by atoms with E-state index in [9.17, 15) is 22.8 Å². The minimum atomic E-state index is -3.11. The lowest BCUT2D eigenvalue weighted by Crippen LogP contribution is -2.54. The summed E-state index contributed by atoms with van der Waals surface area (Å²) in [5.41, 5.74) is -0.878. The molecule has 0 radical (unpaired) electrons. The van der Waals surface area contributed by atoms with Crippen molar-refractivity contribution in [3.8, 4) is 0 Å². The molecule has 27 heavy (non-hydrogen) atoms. The van der Waals surface area contributed by atoms with Crippen LogP contribution in [-0.4, -0.2) is 71.7 Å². The maximum atomic E-state index is 13.0. The average molecular weight is 397 g/mol. The zero-order chi connectivity index (χ0) is 19.4. The second-order valence-corrected chi connectivity index (χ2v) is 10.8. The SMILES string of the molecule is C[C@@H]1CCCC[C@]12NC(=O)N(CC(=O)N(C1CC1)[C@@H]1CCS(=O)(=O)C1)C2=O. The van der Waals surface area contributed by atoms with Crippen LogP contribution in [0.3, 0.4) is 0 Å². The Morgan fingerprint density at radius 3 is 2.52 bits per heavy atom. The number of carbonyl (C=O) groups is 3. The lowest BCUT2D eigenvalue weighted by molar-refractivity contribution is -0.141. The number of nitrogens with one attached hydrogen (secondary N) is 1. The smallest absolute Gasteiger partial charge is 0.325 e. The van der Waals surface area contributed by atoms with E-state index in [1.165, 1.54) is 0 Å². The van der Waals surface area contributed by atoms with Crippen molar-refractivity contribution in [2.45, 2.75) is 69.5 Å². The van der Waals surface area contributed by atoms with Gasteiger partial charge in [-0.3, -0.25) is 14.5 Å². The predicted molar refractivity (Wildman–Crippen MR) is 97.5 cm³/mol. The summed E-state index contributed by atoms with van der Waals surface area (Å²) in [6, 6.07) is -0.797. The highest BCUT2D eigenvalue weighted by Crippen LogP contribution is 2.38. The highest BCUT2D eigenvalue weighted by atomic mass is 32.2. The lowest BCUT2D eigenvalue weighted by atomic mass is 9.73. The van der Waals surface area contributed by atoms with Crippen molar-refractivity contribution in [1.82, 2.24) is 15.1 Å². The fourth-order valence-electron chi connectivity index (χ4n) is 4.91. The molecule has 2 heterocycles. The van der Waals surface area contributed by atoms with Crippen LogP contribution < -0.4 is 5.32 Å². The first-order chi connectivity index (χ1) is 12.7. The summed E-state index contributed by atoms with van der Waals surface area (Å²) in [7, 11) is -3.11. The van der Waals surface area contributed by atoms with Crippen molar-refractivity contribution >= 4 is 27.7 Å². The minimum absolute atomic E-state index is 0.0175. The fraction of sp³-hybridized carbons (Fsp3) is 0.833. The van der Waals surface area contributed by atoms with Gasteiger partial charge in [0, 0.05) is 12.1 Å². The summed E-state index contributed by atoms with van der Waals surface area (Å²) in [6.45, 7) is 1.68. The monoisotopic (exact) mass is 397 g/mol. The number of urea groups is 1. The number of hydrogen-bond acceptors (Lipinski definition) is 5. The van der Waals surface area contributed by atoms with Gasteiger partial charge in [-0.2, -0.15) is 0 Å². The van der Waals surface area contributed by atoms with Crippen LogP contribution in [0.25, 0.3) is 0 Å². The molecule has 0 aromatic carbocycles. The van der Waals surface area contributed by atoms with Crippen LogP contribution in [0.4, 0.5) is 4.79 Å². The Hall–Kier alpha value is -1.64. The van der Waals surface area contributed by atoms with Gasteiger partial charge in [-0.25, -0.2) is 13.2 Å². The fourth-order valence-corrected chi connectivity index (χ4v) is 6.62. The summed E-state index contributed by atoms with van der Waals surface area (Å²) in [5.74, 6) is -0.498. The van der Waals surface area contributed by atoms with Gasteiger partial charge < -0.3 is 10.2 Å². The number of imide groups is 1. The van der Waals surface area contributed by atoms with Crippen LogP contribution in [0.1, 0.15) is 51.9 Å². The Morgan fingerprint density at radius 2 is 1.93 bits per heavy atom. The van der Waals surface area contributed by atoms with E-state index < -0.39 is 21.4 Å². The van der Waals surface area contributed by atoms with Gasteiger partial charge in [-0.1, -0.05) is 19.8 Å². The van der Waals surface area contributed by atoms with E-state index in [-0.39, 0.29) is 47.9 Å². The number of sulfone groups is 1. The molecule has 0 aromatic heterocycles. The molecule has 0 bridgehead atoms. The molecule has 2 aliphatic carbocycles. The van der Waals surface area contributed by atoms with Crippen LogP contribution in [-0.2, 0) is 19.4 Å². The third-order valence-electron chi connectivity index (χ3n) is 6.62. The van der Waals surface area contributed by atoms with Gasteiger partial charge in [0.25, 0.3) is 5.91 Å². The van der Waals surface area contributed by atoms with E-state index in [4.69, 9.17) is 0 Å². The quantitative estimate of drug-likeness (QED) is 0.702. The Labute approximate surface area is 159 Å². The maximum Gasteiger partial charge on any atom is 0.325 e. The number of hydrogen-bond donors (Lipinski definition) is 1. The lowest BCUT2D eigenvalue weighted by Gasteiger charge is -2.37. The van der Waals surface area contributed by atoms with Gasteiger partial charge in [-0.15, -0.1) is 0 Å². The van der Waals surface area contributed by atoms with Gasteiger partial charge in [0.05, 0.1) is 11.5 Å². The standard InChI is InChI=1S/C18H27N3O5S/c1-12-4-2-3-8-18(12)16(23)20(17(24)19-18)10-15(22)21(13-5-6-13)14-7-9-27(25,26)11-14/h12-14H,2-11H2,1H3,(H,19,24)/t12-,14-,18+/m1/s1. The molecule has 1 spiro atoms. The second-order valence-electron chi connectivity index (χ2n) is 8.53. The van der Waals surface area contributed by atoms with Gasteiger partial charge in [0.1, 0.15) is 12.1 Å². The Morgan fingerprint density at radius 1 is 1.19 bits per heavy atom. The largest absolute Gasteiger partial charge is 0.334 e. The molecule has 2 aliphatic heterocycles. The van der Waals surface area contributed by atoms with Crippen LogP contribution >= 0.6 is 0 Å². The van der Waals surface area contributed by atoms with Crippen molar-refractivity contribution in [3.05, 3.63) is 0 Å². The van der Waals surface area contributed by atoms with Crippen molar-refractivity contribution in [3.63, 3.8) is 0 Å². The number of rotatable bonds is 4. The Balaban J connectivity index is 1.50. The van der Waals surface area contributed by atoms with Gasteiger partial charge >= 0.3 is 6.03 Å².